The molecule has 1 aliphatic rings. The van der Waals surface area contributed by atoms with Gasteiger partial charge in [-0.15, -0.1) is 0 Å². The minimum Gasteiger partial charge on any atom is -0.508 e. The first kappa shape index (κ1) is 16.1. The van der Waals surface area contributed by atoms with Crippen molar-refractivity contribution in [2.24, 2.45) is 5.92 Å². The zero-order valence-electron chi connectivity index (χ0n) is 12.9. The molecule has 0 unspecified atom stereocenters. The number of para-hydroxylation sites is 1. The van der Waals surface area contributed by atoms with Gasteiger partial charge in [-0.05, 0) is 32.4 Å². The van der Waals surface area contributed by atoms with Crippen LogP contribution in [0.4, 0.5) is 4.79 Å². The first-order chi connectivity index (χ1) is 10.2. The van der Waals surface area contributed by atoms with E-state index in [2.05, 4.69) is 0 Å². The van der Waals surface area contributed by atoms with Crippen LogP contribution in [-0.2, 0) is 9.53 Å². The highest BCUT2D eigenvalue weighted by Gasteiger charge is 2.42. The molecule has 1 aromatic rings. The van der Waals surface area contributed by atoms with Gasteiger partial charge < -0.3 is 19.8 Å². The largest absolute Gasteiger partial charge is 0.508 e. The van der Waals surface area contributed by atoms with Crippen LogP contribution in [0.25, 0.3) is 0 Å². The Labute approximate surface area is 129 Å². The highest BCUT2D eigenvalue weighted by molar-refractivity contribution is 5.76. The Morgan fingerprint density at radius 3 is 2.41 bits per heavy atom. The van der Waals surface area contributed by atoms with Gasteiger partial charge in [-0.1, -0.05) is 18.2 Å². The number of benzene rings is 1. The molecular formula is C16H21NO5. The number of phenolic OH excluding ortho intramolecular Hbond substituents is 1. The molecule has 22 heavy (non-hydrogen) atoms. The normalized spacial score (nSPS) is 21.7. The molecule has 0 spiro atoms. The minimum atomic E-state index is -0.987. The quantitative estimate of drug-likeness (QED) is 0.876. The molecule has 1 amide bonds. The third-order valence-electron chi connectivity index (χ3n) is 3.62. The van der Waals surface area contributed by atoms with Crippen LogP contribution in [-0.4, -0.2) is 45.9 Å². The lowest BCUT2D eigenvalue weighted by molar-refractivity contribution is -0.141. The maximum Gasteiger partial charge on any atom is 0.410 e. The molecule has 120 valence electrons. The van der Waals surface area contributed by atoms with E-state index in [0.29, 0.717) is 5.56 Å². The number of carboxylic acid groups (broad SMARTS) is 1. The summed E-state index contributed by atoms with van der Waals surface area (Å²) in [4.78, 5) is 25.0. The standard InChI is InChI=1S/C16H21NO5/c1-16(2,3)22-15(21)17-8-11(12(9-17)14(19)20)10-6-4-5-7-13(10)18/h4-7,11-12,18H,8-9H2,1-3H3,(H,19,20)/t11-,12+/m0/s1. The SMILES string of the molecule is CC(C)(C)OC(=O)N1C[C@@H](C(=O)O)[C@H](c2ccccc2O)C1. The van der Waals surface area contributed by atoms with Crippen LogP contribution in [0.3, 0.4) is 0 Å². The summed E-state index contributed by atoms with van der Waals surface area (Å²) in [7, 11) is 0. The first-order valence-corrected chi connectivity index (χ1v) is 7.17. The summed E-state index contributed by atoms with van der Waals surface area (Å²) in [6.07, 6.45) is -0.531. The number of carboxylic acids is 1. The van der Waals surface area contributed by atoms with E-state index in [9.17, 15) is 19.8 Å². The minimum absolute atomic E-state index is 0.0461. The van der Waals surface area contributed by atoms with Crippen molar-refractivity contribution in [3.8, 4) is 5.75 Å². The highest BCUT2D eigenvalue weighted by Crippen LogP contribution is 2.37. The van der Waals surface area contributed by atoms with Crippen molar-refractivity contribution in [2.45, 2.75) is 32.3 Å². The predicted octanol–water partition coefficient (Wildman–Crippen LogP) is 2.43. The van der Waals surface area contributed by atoms with Crippen LogP contribution in [0.1, 0.15) is 32.3 Å². The van der Waals surface area contributed by atoms with Crippen molar-refractivity contribution < 1.29 is 24.5 Å². The van der Waals surface area contributed by atoms with Crippen LogP contribution in [0.15, 0.2) is 24.3 Å². The smallest absolute Gasteiger partial charge is 0.410 e. The Hall–Kier alpha value is -2.24. The molecule has 0 saturated carbocycles. The molecule has 0 aliphatic carbocycles. The molecule has 6 heteroatoms. The molecule has 2 N–H and O–H groups in total. The molecule has 6 nitrogen and oxygen atoms in total. The molecule has 0 radical (unpaired) electrons. The number of carbonyl (C=O) groups excluding carboxylic acids is 1. The number of aliphatic carboxylic acids is 1. The van der Waals surface area contributed by atoms with E-state index < -0.39 is 29.5 Å². The van der Waals surface area contributed by atoms with Crippen molar-refractivity contribution >= 4 is 12.1 Å². The zero-order chi connectivity index (χ0) is 16.5. The molecule has 1 saturated heterocycles. The predicted molar refractivity (Wildman–Crippen MR) is 79.8 cm³/mol. The number of hydrogen-bond acceptors (Lipinski definition) is 4. The monoisotopic (exact) mass is 307 g/mol. The molecule has 1 aromatic carbocycles. The van der Waals surface area contributed by atoms with Crippen LogP contribution in [0.5, 0.6) is 5.75 Å². The number of aromatic hydroxyl groups is 1. The fraction of sp³-hybridized carbons (Fsp3) is 0.500. The molecule has 0 aromatic heterocycles. The number of phenols is 1. The average Bonchev–Trinajstić information content (AvgIpc) is 2.82. The molecule has 2 atom stereocenters. The summed E-state index contributed by atoms with van der Waals surface area (Å²) in [5.41, 5.74) is -0.0936. The van der Waals surface area contributed by atoms with E-state index in [-0.39, 0.29) is 18.8 Å². The summed E-state index contributed by atoms with van der Waals surface area (Å²) < 4.78 is 5.30. The molecular weight excluding hydrogens is 286 g/mol. The Kier molecular flexibility index (Phi) is 4.30. The van der Waals surface area contributed by atoms with Crippen LogP contribution in [0.2, 0.25) is 0 Å². The third-order valence-corrected chi connectivity index (χ3v) is 3.62. The molecule has 1 heterocycles. The van der Waals surface area contributed by atoms with E-state index in [1.165, 1.54) is 11.0 Å². The van der Waals surface area contributed by atoms with Gasteiger partial charge in [0.05, 0.1) is 5.92 Å². The second-order valence-electron chi connectivity index (χ2n) is 6.50. The summed E-state index contributed by atoms with van der Waals surface area (Å²) in [5.74, 6) is -2.16. The second kappa shape index (κ2) is 5.87. The Morgan fingerprint density at radius 2 is 1.86 bits per heavy atom. The van der Waals surface area contributed by atoms with Crippen molar-refractivity contribution in [2.75, 3.05) is 13.1 Å². The lowest BCUT2D eigenvalue weighted by atomic mass is 9.88. The fourth-order valence-electron chi connectivity index (χ4n) is 2.65. The number of amides is 1. The molecule has 1 fully saturated rings. The molecule has 1 aliphatic heterocycles. The number of carbonyl (C=O) groups is 2. The average molecular weight is 307 g/mol. The van der Waals surface area contributed by atoms with Gasteiger partial charge in [0.25, 0.3) is 0 Å². The first-order valence-electron chi connectivity index (χ1n) is 7.17. The van der Waals surface area contributed by atoms with Gasteiger partial charge in [-0.2, -0.15) is 0 Å². The Balaban J connectivity index is 2.22. The van der Waals surface area contributed by atoms with E-state index >= 15 is 0 Å². The summed E-state index contributed by atoms with van der Waals surface area (Å²) in [6, 6.07) is 6.62. The van der Waals surface area contributed by atoms with E-state index in [1.807, 2.05) is 0 Å². The van der Waals surface area contributed by atoms with Gasteiger partial charge in [0, 0.05) is 19.0 Å². The van der Waals surface area contributed by atoms with Gasteiger partial charge in [0.2, 0.25) is 0 Å². The molecule has 0 bridgehead atoms. The molecule has 2 rings (SSSR count). The maximum atomic E-state index is 12.1. The Bertz CT molecular complexity index is 578. The number of ether oxygens (including phenoxy) is 1. The van der Waals surface area contributed by atoms with Crippen LogP contribution >= 0.6 is 0 Å². The van der Waals surface area contributed by atoms with Crippen molar-refractivity contribution in [3.63, 3.8) is 0 Å². The summed E-state index contributed by atoms with van der Waals surface area (Å²) in [5, 5.41) is 19.4. The van der Waals surface area contributed by atoms with Gasteiger partial charge in [0.15, 0.2) is 0 Å². The zero-order valence-corrected chi connectivity index (χ0v) is 12.9. The van der Waals surface area contributed by atoms with Crippen molar-refractivity contribution in [1.29, 1.82) is 0 Å². The summed E-state index contributed by atoms with van der Waals surface area (Å²) >= 11 is 0. The topological polar surface area (TPSA) is 87.1 Å². The van der Waals surface area contributed by atoms with E-state index in [0.717, 1.165) is 0 Å². The Morgan fingerprint density at radius 1 is 1.23 bits per heavy atom. The van der Waals surface area contributed by atoms with Gasteiger partial charge >= 0.3 is 12.1 Å². The van der Waals surface area contributed by atoms with Gasteiger partial charge in [-0.25, -0.2) is 4.79 Å². The second-order valence-corrected chi connectivity index (χ2v) is 6.50. The lowest BCUT2D eigenvalue weighted by Crippen LogP contribution is -2.35. The van der Waals surface area contributed by atoms with E-state index in [1.54, 1.807) is 39.0 Å². The van der Waals surface area contributed by atoms with Crippen molar-refractivity contribution in [1.82, 2.24) is 4.90 Å². The van der Waals surface area contributed by atoms with Gasteiger partial charge in [-0.3, -0.25) is 4.79 Å². The maximum absolute atomic E-state index is 12.1. The summed E-state index contributed by atoms with van der Waals surface area (Å²) in [6.45, 7) is 5.56. The van der Waals surface area contributed by atoms with Crippen LogP contribution < -0.4 is 0 Å². The fourth-order valence-corrected chi connectivity index (χ4v) is 2.65. The lowest BCUT2D eigenvalue weighted by Gasteiger charge is -2.24. The number of hydrogen-bond donors (Lipinski definition) is 2. The number of likely N-dealkylation sites (tertiary alicyclic amines) is 1. The third kappa shape index (κ3) is 3.50. The van der Waals surface area contributed by atoms with Crippen molar-refractivity contribution in [3.05, 3.63) is 29.8 Å². The van der Waals surface area contributed by atoms with E-state index in [4.69, 9.17) is 4.74 Å². The highest BCUT2D eigenvalue weighted by atomic mass is 16.6. The van der Waals surface area contributed by atoms with Gasteiger partial charge in [0.1, 0.15) is 11.4 Å². The number of nitrogens with zero attached hydrogens (tertiary/aromatic N) is 1. The van der Waals surface area contributed by atoms with Crippen LogP contribution in [0, 0.1) is 5.92 Å². The number of rotatable bonds is 2.